The monoisotopic (exact) mass is 682 g/mol. The third-order valence-electron chi connectivity index (χ3n) is 9.10. The van der Waals surface area contributed by atoms with E-state index in [1.54, 1.807) is 60.0 Å². The Kier molecular flexibility index (Phi) is 14.3. The van der Waals surface area contributed by atoms with Crippen LogP contribution in [0.5, 0.6) is 0 Å². The quantitative estimate of drug-likeness (QED) is 0.227. The molecule has 3 aliphatic rings. The van der Waals surface area contributed by atoms with Crippen molar-refractivity contribution in [2.45, 2.75) is 99.1 Å². The number of hydrogen-bond donors (Lipinski definition) is 1. The van der Waals surface area contributed by atoms with E-state index in [2.05, 4.69) is 5.32 Å². The Bertz CT molecular complexity index is 1430. The number of hydrogen-bond acceptors (Lipinski definition) is 10. The Morgan fingerprint density at radius 1 is 0.939 bits per heavy atom. The van der Waals surface area contributed by atoms with Crippen LogP contribution in [0.1, 0.15) is 74.7 Å². The topological polar surface area (TPSA) is 138 Å². The van der Waals surface area contributed by atoms with Crippen LogP contribution in [0, 0.1) is 23.7 Å². The van der Waals surface area contributed by atoms with E-state index in [9.17, 15) is 24.0 Å². The number of fused-ring (bicyclic) bond motifs is 2. The highest BCUT2D eigenvalue weighted by Gasteiger charge is 2.38. The SMILES string of the molecule is CO[C@H]1/C=C\C=C(/C)C(=O)NC2=CC(=O)C(N3CCC3)=C(C[C@@H](C)C[C@H](OC)[C@H](OC(=O)C(C)C)[C@@H](C)/C=C(\C)[C@@H]1OC(=O)C(C)C)C2=O. The maximum absolute atomic E-state index is 13.9. The van der Waals surface area contributed by atoms with Crippen LogP contribution < -0.4 is 5.32 Å². The van der Waals surface area contributed by atoms with Gasteiger partial charge >= 0.3 is 11.9 Å². The van der Waals surface area contributed by atoms with Crippen molar-refractivity contribution in [3.05, 3.63) is 58.5 Å². The van der Waals surface area contributed by atoms with Crippen LogP contribution in [0.2, 0.25) is 0 Å². The Balaban J connectivity index is 2.17. The molecule has 2 heterocycles. The first-order chi connectivity index (χ1) is 23.1. The Morgan fingerprint density at radius 2 is 1.57 bits per heavy atom. The fraction of sp³-hybridized carbons (Fsp3) is 0.605. The molecule has 49 heavy (non-hydrogen) atoms. The minimum Gasteiger partial charge on any atom is -0.459 e. The number of likely N-dealkylation sites (tertiary alicyclic amines) is 1. The van der Waals surface area contributed by atoms with Gasteiger partial charge in [-0.15, -0.1) is 0 Å². The lowest BCUT2D eigenvalue weighted by Crippen LogP contribution is -2.43. The van der Waals surface area contributed by atoms with Gasteiger partial charge in [-0.2, -0.15) is 0 Å². The summed E-state index contributed by atoms with van der Waals surface area (Å²) in [5.74, 6) is -3.43. The second kappa shape index (κ2) is 17.7. The molecule has 2 bridgehead atoms. The van der Waals surface area contributed by atoms with Gasteiger partial charge in [0.15, 0.2) is 6.10 Å². The van der Waals surface area contributed by atoms with Gasteiger partial charge in [0.1, 0.15) is 12.2 Å². The number of ether oxygens (including phenoxy) is 4. The van der Waals surface area contributed by atoms with Gasteiger partial charge in [-0.25, -0.2) is 0 Å². The highest BCUT2D eigenvalue weighted by molar-refractivity contribution is 6.23. The average molecular weight is 683 g/mol. The van der Waals surface area contributed by atoms with Gasteiger partial charge in [-0.3, -0.25) is 24.0 Å². The minimum absolute atomic E-state index is 0.0768. The molecule has 1 amide bonds. The molecule has 0 aromatic carbocycles. The standard InChI is InChI=1S/C38H54N2O9/c1-21(2)37(44)48-34-25(7)19-26(8)35(49-38(45)22(3)4)31(47-10)18-23(5)17-27-32(40-15-12-16-40)29(41)20-28(33(27)42)39-36(43)24(6)13-11-14-30(34)46-9/h11,13-14,19-23,26,30-31,34-35H,12,15-18H2,1-10H3,(H,39,43)/b14-11-,24-13+,25-19+/t23-,26+,30+,31+,34+,35-/m1/s1. The van der Waals surface area contributed by atoms with E-state index < -0.39 is 53.9 Å². The fourth-order valence-corrected chi connectivity index (χ4v) is 6.03. The number of ketones is 2. The normalized spacial score (nSPS) is 30.5. The number of esters is 2. The van der Waals surface area contributed by atoms with Crippen molar-refractivity contribution in [1.29, 1.82) is 0 Å². The van der Waals surface area contributed by atoms with E-state index in [-0.39, 0.29) is 41.3 Å². The van der Waals surface area contributed by atoms with Gasteiger partial charge in [-0.1, -0.05) is 65.8 Å². The fourth-order valence-electron chi connectivity index (χ4n) is 6.03. The molecule has 0 aromatic heterocycles. The van der Waals surface area contributed by atoms with Gasteiger partial charge in [0.25, 0.3) is 5.91 Å². The van der Waals surface area contributed by atoms with E-state index in [0.29, 0.717) is 36.4 Å². The maximum Gasteiger partial charge on any atom is 0.309 e. The molecule has 0 radical (unpaired) electrons. The van der Waals surface area contributed by atoms with E-state index in [1.165, 1.54) is 13.2 Å². The third kappa shape index (κ3) is 10.1. The van der Waals surface area contributed by atoms with Gasteiger partial charge in [0.2, 0.25) is 11.6 Å². The molecule has 3 rings (SSSR count). The molecule has 1 N–H and O–H groups in total. The molecule has 0 spiro atoms. The van der Waals surface area contributed by atoms with Gasteiger partial charge in [0.05, 0.1) is 29.3 Å². The summed E-state index contributed by atoms with van der Waals surface area (Å²) in [6.07, 6.45) is 6.64. The average Bonchev–Trinajstić information content (AvgIpc) is 3.01. The summed E-state index contributed by atoms with van der Waals surface area (Å²) in [6, 6.07) is 0. The number of allylic oxidation sites excluding steroid dienone is 4. The second-order valence-electron chi connectivity index (χ2n) is 14.0. The van der Waals surface area contributed by atoms with Crippen LogP contribution in [0.25, 0.3) is 0 Å². The van der Waals surface area contributed by atoms with Crippen LogP contribution in [0.15, 0.2) is 58.5 Å². The number of carbonyl (C=O) groups is 5. The lowest BCUT2D eigenvalue weighted by molar-refractivity contribution is -0.164. The third-order valence-corrected chi connectivity index (χ3v) is 9.10. The summed E-state index contributed by atoms with van der Waals surface area (Å²) in [7, 11) is 3.05. The summed E-state index contributed by atoms with van der Waals surface area (Å²) in [4.78, 5) is 68.4. The van der Waals surface area contributed by atoms with Gasteiger partial charge < -0.3 is 29.2 Å². The van der Waals surface area contributed by atoms with E-state index >= 15 is 0 Å². The molecule has 6 atom stereocenters. The van der Waals surface area contributed by atoms with Gasteiger partial charge in [0, 0.05) is 50.4 Å². The summed E-state index contributed by atoms with van der Waals surface area (Å²) in [5.41, 5.74) is 1.61. The zero-order valence-corrected chi connectivity index (χ0v) is 30.7. The van der Waals surface area contributed by atoms with Crippen molar-refractivity contribution in [1.82, 2.24) is 10.2 Å². The Morgan fingerprint density at radius 3 is 2.12 bits per heavy atom. The van der Waals surface area contributed by atoms with Crippen LogP contribution in [0.3, 0.4) is 0 Å². The predicted octanol–water partition coefficient (Wildman–Crippen LogP) is 4.78. The zero-order valence-electron chi connectivity index (χ0n) is 30.7. The lowest BCUT2D eigenvalue weighted by atomic mass is 9.84. The number of nitrogens with one attached hydrogen (secondary N) is 1. The summed E-state index contributed by atoms with van der Waals surface area (Å²) in [5, 5.41) is 2.65. The maximum atomic E-state index is 13.9. The molecule has 11 nitrogen and oxygen atoms in total. The van der Waals surface area contributed by atoms with Crippen LogP contribution in [0.4, 0.5) is 0 Å². The first-order valence-electron chi connectivity index (χ1n) is 17.2. The summed E-state index contributed by atoms with van der Waals surface area (Å²) in [6.45, 7) is 15.6. The molecular weight excluding hydrogens is 628 g/mol. The van der Waals surface area contributed by atoms with Crippen molar-refractivity contribution in [2.75, 3.05) is 27.3 Å². The molecule has 1 fully saturated rings. The molecule has 1 aliphatic carbocycles. The number of Topliss-reactive ketones (excluding diaryl/α,β-unsaturated/α-hetero) is 1. The summed E-state index contributed by atoms with van der Waals surface area (Å²) >= 11 is 0. The number of carbonyl (C=O) groups excluding carboxylic acids is 5. The van der Waals surface area contributed by atoms with Crippen molar-refractivity contribution < 1.29 is 42.9 Å². The smallest absolute Gasteiger partial charge is 0.309 e. The molecule has 0 aromatic rings. The van der Waals surface area contributed by atoms with Crippen LogP contribution in [-0.2, 0) is 42.9 Å². The Labute approximate surface area is 290 Å². The van der Waals surface area contributed by atoms with E-state index in [1.807, 2.05) is 31.7 Å². The molecule has 0 saturated carbocycles. The zero-order chi connectivity index (χ0) is 36.6. The van der Waals surface area contributed by atoms with Crippen LogP contribution in [-0.4, -0.2) is 86.0 Å². The molecular formula is C38H54N2O9. The van der Waals surface area contributed by atoms with Crippen molar-refractivity contribution in [3.8, 4) is 0 Å². The number of methoxy groups -OCH3 is 2. The van der Waals surface area contributed by atoms with E-state index in [0.717, 1.165) is 6.42 Å². The molecule has 2 aliphatic heterocycles. The predicted molar refractivity (Wildman–Crippen MR) is 185 cm³/mol. The number of nitrogens with zero attached hydrogens (tertiary/aromatic N) is 1. The van der Waals surface area contributed by atoms with Gasteiger partial charge in [-0.05, 0) is 44.6 Å². The largest absolute Gasteiger partial charge is 0.459 e. The van der Waals surface area contributed by atoms with Crippen molar-refractivity contribution in [3.63, 3.8) is 0 Å². The highest BCUT2D eigenvalue weighted by Crippen LogP contribution is 2.33. The highest BCUT2D eigenvalue weighted by atomic mass is 16.6. The first kappa shape index (κ1) is 39.6. The number of rotatable bonds is 7. The van der Waals surface area contributed by atoms with E-state index in [4.69, 9.17) is 18.9 Å². The minimum atomic E-state index is -0.829. The lowest BCUT2D eigenvalue weighted by Gasteiger charge is -2.37. The molecule has 11 heteroatoms. The Hall–Kier alpha value is -3.83. The van der Waals surface area contributed by atoms with Crippen molar-refractivity contribution in [2.24, 2.45) is 23.7 Å². The molecule has 1 saturated heterocycles. The summed E-state index contributed by atoms with van der Waals surface area (Å²) < 4.78 is 23.8. The molecule has 0 unspecified atom stereocenters. The van der Waals surface area contributed by atoms with Crippen LogP contribution >= 0.6 is 0 Å². The molecule has 270 valence electrons. The van der Waals surface area contributed by atoms with Crippen molar-refractivity contribution >= 4 is 29.4 Å². The second-order valence-corrected chi connectivity index (χ2v) is 14.0. The number of amides is 1. The first-order valence-corrected chi connectivity index (χ1v) is 17.2.